The number of carboxylic acid groups (broad SMARTS) is 1. The quantitative estimate of drug-likeness (QED) is 0.227. The number of rotatable bonds is 13. The first-order chi connectivity index (χ1) is 18.9. The van der Waals surface area contributed by atoms with Crippen molar-refractivity contribution in [1.29, 1.82) is 0 Å². The lowest BCUT2D eigenvalue weighted by atomic mass is 10.1. The van der Waals surface area contributed by atoms with Crippen LogP contribution in [0.15, 0.2) is 0 Å². The lowest BCUT2D eigenvalue weighted by Crippen LogP contribution is -2.33. The minimum absolute atomic E-state index is 0. The number of aliphatic carboxylic acids is 1. The van der Waals surface area contributed by atoms with Crippen LogP contribution >= 0.6 is 23.5 Å². The van der Waals surface area contributed by atoms with Gasteiger partial charge in [0.05, 0.1) is 36.9 Å². The zero-order valence-corrected chi connectivity index (χ0v) is 25.7. The van der Waals surface area contributed by atoms with Crippen molar-refractivity contribution in [3.05, 3.63) is 0 Å². The maximum absolute atomic E-state index is 11.5. The zero-order valence-electron chi connectivity index (χ0n) is 25.1. The molecule has 4 aliphatic heterocycles. The van der Waals surface area contributed by atoms with E-state index in [1.807, 2.05) is 37.4 Å². The molecule has 0 spiro atoms. The fourth-order valence-electron chi connectivity index (χ4n) is 4.66. The molecule has 4 heterocycles. The number of aliphatic hydroxyl groups excluding tert-OH is 1. The summed E-state index contributed by atoms with van der Waals surface area (Å²) in [4.78, 5) is 21.1. The van der Waals surface area contributed by atoms with Crippen LogP contribution in [0.25, 0.3) is 0 Å². The van der Waals surface area contributed by atoms with Crippen LogP contribution < -0.4 is 0 Å². The summed E-state index contributed by atoms with van der Waals surface area (Å²) in [5, 5.41) is 18.3. The highest BCUT2D eigenvalue weighted by molar-refractivity contribution is 8.00. The maximum Gasteiger partial charge on any atom is 1.00 e. The molecule has 230 valence electrons. The van der Waals surface area contributed by atoms with Crippen molar-refractivity contribution in [2.75, 3.05) is 37.9 Å². The number of fused-ring (bicyclic) bond motifs is 2. The van der Waals surface area contributed by atoms with Gasteiger partial charge in [-0.25, -0.2) is 0 Å². The molecule has 11 heteroatoms. The molecule has 0 amide bonds. The number of esters is 1. The standard InChI is InChI=1S/C14H24O4S.C10H18O3S.C4H8O2.H2/c1-3-5-7-19-11-9-17-13-10(8-16-14(11)13)18-12(15)6-4-2;1-2-3-4-14-8-6-13-9-7(11)5-12-10(8)9;1-2-3-4(5)6;/h10-11,13-14H,3-9H2,1-2H3;7-11H,2-6H2,1H3;2-3H2,1H3,(H,5,6);1H/p+1/t10-,11+,13+,14+;7-,8+,9+,10+;;/m00../s1/i;;;1+1. The van der Waals surface area contributed by atoms with Crippen molar-refractivity contribution in [3.63, 3.8) is 0 Å². The summed E-state index contributed by atoms with van der Waals surface area (Å²) < 4.78 is 28.1. The van der Waals surface area contributed by atoms with Gasteiger partial charge in [-0.1, -0.05) is 40.5 Å². The molecule has 0 bridgehead atoms. The minimum atomic E-state index is -0.711. The zero-order chi connectivity index (χ0) is 28.6. The summed E-state index contributed by atoms with van der Waals surface area (Å²) in [6, 6.07) is 0. The number of carboxylic acids is 1. The summed E-state index contributed by atoms with van der Waals surface area (Å²) in [7, 11) is 0. The van der Waals surface area contributed by atoms with Crippen molar-refractivity contribution in [2.45, 2.75) is 126 Å². The molecule has 0 aromatic carbocycles. The number of unbranched alkanes of at least 4 members (excludes halogenated alkanes) is 2. The van der Waals surface area contributed by atoms with E-state index in [2.05, 4.69) is 13.8 Å². The fourth-order valence-corrected chi connectivity index (χ4v) is 7.38. The largest absolute Gasteiger partial charge is 1.00 e. The second kappa shape index (κ2) is 19.5. The molecule has 0 saturated carbocycles. The molecule has 0 unspecified atom stereocenters. The Morgan fingerprint density at radius 1 is 0.769 bits per heavy atom. The highest BCUT2D eigenvalue weighted by Crippen LogP contribution is 2.36. The lowest BCUT2D eigenvalue weighted by molar-refractivity contribution is -0.153. The molecule has 8 atom stereocenters. The van der Waals surface area contributed by atoms with Gasteiger partial charge in [-0.2, -0.15) is 23.5 Å². The van der Waals surface area contributed by atoms with E-state index in [-0.39, 0.29) is 39.3 Å². The first kappa shape index (κ1) is 34.6. The Kier molecular flexibility index (Phi) is 17.4. The Morgan fingerprint density at radius 3 is 1.79 bits per heavy atom. The van der Waals surface area contributed by atoms with Gasteiger partial charge in [0.1, 0.15) is 30.5 Å². The number of aliphatic hydroxyl groups is 1. The number of thioether (sulfide) groups is 2. The maximum atomic E-state index is 11.5. The van der Waals surface area contributed by atoms with E-state index in [0.717, 1.165) is 25.2 Å². The van der Waals surface area contributed by atoms with Crippen molar-refractivity contribution >= 4 is 35.5 Å². The molecule has 9 nitrogen and oxygen atoms in total. The van der Waals surface area contributed by atoms with Gasteiger partial charge in [0.25, 0.3) is 0 Å². The van der Waals surface area contributed by atoms with Crippen molar-refractivity contribution in [2.24, 2.45) is 0 Å². The van der Waals surface area contributed by atoms with Crippen LogP contribution in [0.2, 0.25) is 0 Å². The van der Waals surface area contributed by atoms with Gasteiger partial charge in [-0.3, -0.25) is 9.59 Å². The SMILES string of the molecule is CCCC(=O)O.CCCCS[C@@H]1CO[C@H]2[C@@H]1OC[C@@H]2O.CCCCS[C@@H]1CO[C@H]2[C@@H]1OC[C@@H]2OC(=O)CCC.[2HH].[H+]. The molecule has 0 aliphatic carbocycles. The van der Waals surface area contributed by atoms with Crippen LogP contribution in [0.5, 0.6) is 0 Å². The molecular formula is C28H53O9S2+. The van der Waals surface area contributed by atoms with Gasteiger partial charge in [-0.15, -0.1) is 0 Å². The van der Waals surface area contributed by atoms with E-state index < -0.39 is 12.1 Å². The summed E-state index contributed by atoms with van der Waals surface area (Å²) in [5.74, 6) is 1.48. The van der Waals surface area contributed by atoms with Crippen LogP contribution in [-0.4, -0.2) is 107 Å². The highest BCUT2D eigenvalue weighted by atomic mass is 32.2. The predicted octanol–water partition coefficient (Wildman–Crippen LogP) is 4.67. The van der Waals surface area contributed by atoms with Crippen LogP contribution in [0.4, 0.5) is 0 Å². The molecule has 0 radical (unpaired) electrons. The second-order valence-electron chi connectivity index (χ2n) is 10.2. The molecule has 4 aliphatic rings. The Hall–Kier alpha value is -0.560. The third-order valence-corrected chi connectivity index (χ3v) is 9.52. The van der Waals surface area contributed by atoms with E-state index in [1.165, 1.54) is 31.4 Å². The van der Waals surface area contributed by atoms with Crippen LogP contribution in [0.1, 0.15) is 81.9 Å². The molecule has 2 N–H and O–H groups in total. The third-order valence-electron chi connectivity index (χ3n) is 6.80. The molecule has 4 rings (SSSR count). The van der Waals surface area contributed by atoms with Gasteiger partial charge < -0.3 is 33.9 Å². The molecular weight excluding hydrogens is 544 g/mol. The van der Waals surface area contributed by atoms with E-state index in [1.54, 1.807) is 0 Å². The number of hydrogen-bond acceptors (Lipinski definition) is 10. The van der Waals surface area contributed by atoms with Gasteiger partial charge in [0, 0.05) is 14.3 Å². The lowest BCUT2D eigenvalue weighted by Gasteiger charge is -2.16. The van der Waals surface area contributed by atoms with Gasteiger partial charge >= 0.3 is 13.4 Å². The predicted molar refractivity (Wildman–Crippen MR) is 158 cm³/mol. The Labute approximate surface area is 245 Å². The number of ether oxygens (including phenoxy) is 5. The summed E-state index contributed by atoms with van der Waals surface area (Å²) in [6.45, 7) is 10.6. The van der Waals surface area contributed by atoms with E-state index >= 15 is 0 Å². The van der Waals surface area contributed by atoms with Gasteiger partial charge in [0.2, 0.25) is 0 Å². The molecule has 39 heavy (non-hydrogen) atoms. The summed E-state index contributed by atoms with van der Waals surface area (Å²) in [5.41, 5.74) is 0. The van der Waals surface area contributed by atoms with Gasteiger partial charge in [-0.05, 0) is 37.2 Å². The number of hydrogen-bond donors (Lipinski definition) is 2. The van der Waals surface area contributed by atoms with Crippen molar-refractivity contribution in [1.82, 2.24) is 0 Å². The molecule has 4 saturated heterocycles. The fraction of sp³-hybridized carbons (Fsp3) is 0.929. The number of carbonyl (C=O) groups excluding carboxylic acids is 1. The first-order valence-electron chi connectivity index (χ1n) is 14.6. The summed E-state index contributed by atoms with van der Waals surface area (Å²) in [6.07, 6.45) is 6.74. The monoisotopic (exact) mass is 598 g/mol. The van der Waals surface area contributed by atoms with Crippen LogP contribution in [0.3, 0.4) is 0 Å². The average Bonchev–Trinajstić information content (AvgIpc) is 3.67. The Balaban J connectivity index is 0.000000643. The molecule has 4 fully saturated rings. The summed E-state index contributed by atoms with van der Waals surface area (Å²) >= 11 is 3.85. The second-order valence-corrected chi connectivity index (χ2v) is 12.9. The van der Waals surface area contributed by atoms with E-state index in [4.69, 9.17) is 28.8 Å². The highest BCUT2D eigenvalue weighted by Gasteiger charge is 2.49. The van der Waals surface area contributed by atoms with Crippen LogP contribution in [0, 0.1) is 0 Å². The first-order valence-corrected chi connectivity index (χ1v) is 16.7. The third kappa shape index (κ3) is 11.7. The Bertz CT molecular complexity index is 709. The molecule has 0 aromatic rings. The molecule has 0 aromatic heterocycles. The number of carbonyl (C=O) groups is 2. The average molecular weight is 599 g/mol. The van der Waals surface area contributed by atoms with Crippen LogP contribution in [-0.2, 0) is 33.3 Å². The van der Waals surface area contributed by atoms with E-state index in [9.17, 15) is 14.7 Å². The van der Waals surface area contributed by atoms with Crippen molar-refractivity contribution < 1.29 is 46.3 Å². The van der Waals surface area contributed by atoms with Crippen molar-refractivity contribution in [3.8, 4) is 0 Å². The Morgan fingerprint density at radius 2 is 1.28 bits per heavy atom. The minimum Gasteiger partial charge on any atom is -0.481 e. The van der Waals surface area contributed by atoms with Gasteiger partial charge in [0.15, 0.2) is 6.10 Å². The topological polar surface area (TPSA) is 121 Å². The smallest absolute Gasteiger partial charge is 0.481 e. The normalized spacial score (nSPS) is 32.4. The van der Waals surface area contributed by atoms with E-state index in [0.29, 0.717) is 43.2 Å².